The van der Waals surface area contributed by atoms with E-state index >= 15 is 0 Å². The van der Waals surface area contributed by atoms with E-state index < -0.39 is 11.9 Å². The maximum atomic E-state index is 11.9. The largest absolute Gasteiger partial charge is 0.468 e. The lowest BCUT2D eigenvalue weighted by Gasteiger charge is -2.18. The van der Waals surface area contributed by atoms with E-state index in [-0.39, 0.29) is 23.9 Å². The molecule has 94 valence electrons. The summed E-state index contributed by atoms with van der Waals surface area (Å²) in [5.41, 5.74) is 0. The highest BCUT2D eigenvalue weighted by atomic mass is 16.5. The topological polar surface area (TPSA) is 60.4 Å². The maximum absolute atomic E-state index is 11.9. The van der Waals surface area contributed by atoms with Crippen LogP contribution in [0.3, 0.4) is 0 Å². The molecule has 0 spiro atoms. The van der Waals surface area contributed by atoms with Gasteiger partial charge in [-0.25, -0.2) is 0 Å². The minimum atomic E-state index is -0.772. The van der Waals surface area contributed by atoms with Gasteiger partial charge in [-0.1, -0.05) is 6.08 Å². The molecule has 4 nitrogen and oxygen atoms in total. The van der Waals surface area contributed by atoms with Gasteiger partial charge in [-0.05, 0) is 18.8 Å². The highest BCUT2D eigenvalue weighted by Gasteiger charge is 2.38. The number of rotatable bonds is 6. The molecule has 1 aliphatic carbocycles. The molecule has 0 aromatic rings. The second-order valence-corrected chi connectivity index (χ2v) is 4.34. The fraction of sp³-hybridized carbons (Fsp3) is 0.615. The first kappa shape index (κ1) is 13.6. The second kappa shape index (κ2) is 6.33. The number of allylic oxidation sites excluding steroid dienone is 1. The van der Waals surface area contributed by atoms with Gasteiger partial charge in [-0.2, -0.15) is 0 Å². The first-order chi connectivity index (χ1) is 8.10. The van der Waals surface area contributed by atoms with Gasteiger partial charge < -0.3 is 4.74 Å². The molecule has 0 radical (unpaired) electrons. The third-order valence-corrected chi connectivity index (χ3v) is 3.15. The molecule has 0 saturated heterocycles. The predicted molar refractivity (Wildman–Crippen MR) is 62.3 cm³/mol. The van der Waals surface area contributed by atoms with Gasteiger partial charge in [0.2, 0.25) is 0 Å². The number of hydrogen-bond acceptors (Lipinski definition) is 4. The molecule has 0 bridgehead atoms. The van der Waals surface area contributed by atoms with Crippen LogP contribution >= 0.6 is 0 Å². The highest BCUT2D eigenvalue weighted by Crippen LogP contribution is 2.31. The van der Waals surface area contributed by atoms with Crippen molar-refractivity contribution < 1.29 is 19.1 Å². The van der Waals surface area contributed by atoms with Crippen LogP contribution in [0.4, 0.5) is 0 Å². The number of Topliss-reactive ketones (excluding diaryl/α,β-unsaturated/α-hetero) is 2. The number of hydrogen-bond donors (Lipinski definition) is 0. The van der Waals surface area contributed by atoms with Gasteiger partial charge in [0.15, 0.2) is 0 Å². The van der Waals surface area contributed by atoms with Crippen molar-refractivity contribution >= 4 is 17.5 Å². The molecule has 1 aliphatic rings. The first-order valence-corrected chi connectivity index (χ1v) is 5.83. The number of ketones is 2. The van der Waals surface area contributed by atoms with E-state index in [0.29, 0.717) is 25.7 Å². The van der Waals surface area contributed by atoms with E-state index in [0.717, 1.165) is 0 Å². The summed E-state index contributed by atoms with van der Waals surface area (Å²) in [6, 6.07) is 0. The average molecular weight is 238 g/mol. The Kier molecular flexibility index (Phi) is 5.07. The van der Waals surface area contributed by atoms with Crippen LogP contribution in [0.5, 0.6) is 0 Å². The third-order valence-electron chi connectivity index (χ3n) is 3.15. The Balaban J connectivity index is 2.72. The normalized spacial score (nSPS) is 21.0. The number of methoxy groups -OCH3 is 1. The van der Waals surface area contributed by atoms with Crippen LogP contribution in [-0.2, 0) is 19.1 Å². The molecule has 0 amide bonds. The maximum Gasteiger partial charge on any atom is 0.316 e. The minimum absolute atomic E-state index is 0.125. The molecule has 1 unspecified atom stereocenters. The lowest BCUT2D eigenvalue weighted by molar-refractivity contribution is -0.151. The lowest BCUT2D eigenvalue weighted by atomic mass is 9.85. The van der Waals surface area contributed by atoms with Gasteiger partial charge >= 0.3 is 5.97 Å². The van der Waals surface area contributed by atoms with Crippen LogP contribution in [0, 0.1) is 11.8 Å². The molecule has 1 fully saturated rings. The number of ether oxygens (including phenoxy) is 1. The summed E-state index contributed by atoms with van der Waals surface area (Å²) in [5.74, 6) is -1.48. The van der Waals surface area contributed by atoms with Gasteiger partial charge in [0.25, 0.3) is 0 Å². The van der Waals surface area contributed by atoms with Crippen LogP contribution < -0.4 is 0 Å². The monoisotopic (exact) mass is 238 g/mol. The zero-order valence-corrected chi connectivity index (χ0v) is 10.1. The van der Waals surface area contributed by atoms with Gasteiger partial charge in [-0.3, -0.25) is 14.4 Å². The second-order valence-electron chi connectivity index (χ2n) is 4.34. The Bertz CT molecular complexity index is 332. The van der Waals surface area contributed by atoms with Crippen molar-refractivity contribution in [1.82, 2.24) is 0 Å². The zero-order chi connectivity index (χ0) is 12.8. The van der Waals surface area contributed by atoms with Crippen molar-refractivity contribution in [3.8, 4) is 0 Å². The minimum Gasteiger partial charge on any atom is -0.468 e. The van der Waals surface area contributed by atoms with Gasteiger partial charge in [0.05, 0.1) is 7.11 Å². The summed E-state index contributed by atoms with van der Waals surface area (Å²) >= 11 is 0. The van der Waals surface area contributed by atoms with Crippen LogP contribution in [0.25, 0.3) is 0 Å². The van der Waals surface area contributed by atoms with Crippen molar-refractivity contribution in [1.29, 1.82) is 0 Å². The molecule has 4 heteroatoms. The summed E-state index contributed by atoms with van der Waals surface area (Å²) in [6.07, 6.45) is 3.87. The van der Waals surface area contributed by atoms with E-state index in [1.807, 2.05) is 0 Å². The molecule has 2 atom stereocenters. The molecule has 0 N–H and O–H groups in total. The molecular weight excluding hydrogens is 220 g/mol. The lowest BCUT2D eigenvalue weighted by Crippen LogP contribution is -2.31. The summed E-state index contributed by atoms with van der Waals surface area (Å²) < 4.78 is 4.66. The fourth-order valence-electron chi connectivity index (χ4n) is 2.24. The van der Waals surface area contributed by atoms with Crippen molar-refractivity contribution in [3.05, 3.63) is 12.7 Å². The Labute approximate surface area is 101 Å². The van der Waals surface area contributed by atoms with Crippen molar-refractivity contribution in [2.24, 2.45) is 11.8 Å². The smallest absolute Gasteiger partial charge is 0.316 e. The number of carbonyl (C=O) groups is 3. The summed E-state index contributed by atoms with van der Waals surface area (Å²) in [7, 11) is 1.27. The fourth-order valence-corrected chi connectivity index (χ4v) is 2.24. The molecular formula is C13H18O4. The standard InChI is InChI=1S/C13H18O4/c1-3-4-5-11(15)12(13(16)17-2)9-6-7-10(14)8-9/h3,9,12H,1,4-8H2,2H3/t9-,12?/m0/s1. The third kappa shape index (κ3) is 3.51. The zero-order valence-electron chi connectivity index (χ0n) is 10.1. The molecule has 0 aromatic carbocycles. The van der Waals surface area contributed by atoms with E-state index in [1.165, 1.54) is 7.11 Å². The van der Waals surface area contributed by atoms with E-state index in [2.05, 4.69) is 11.3 Å². The van der Waals surface area contributed by atoms with Crippen LogP contribution in [-0.4, -0.2) is 24.6 Å². The van der Waals surface area contributed by atoms with Gasteiger partial charge in [0.1, 0.15) is 17.5 Å². The average Bonchev–Trinajstić information content (AvgIpc) is 2.73. The van der Waals surface area contributed by atoms with Crippen LogP contribution in [0.1, 0.15) is 32.1 Å². The summed E-state index contributed by atoms with van der Waals surface area (Å²) in [6.45, 7) is 3.54. The van der Waals surface area contributed by atoms with Crippen LogP contribution in [0.15, 0.2) is 12.7 Å². The van der Waals surface area contributed by atoms with E-state index in [4.69, 9.17) is 0 Å². The highest BCUT2D eigenvalue weighted by molar-refractivity contribution is 6.00. The van der Waals surface area contributed by atoms with Crippen LogP contribution in [0.2, 0.25) is 0 Å². The van der Waals surface area contributed by atoms with Gasteiger partial charge in [-0.15, -0.1) is 6.58 Å². The Hall–Kier alpha value is -1.45. The molecule has 0 aromatic heterocycles. The first-order valence-electron chi connectivity index (χ1n) is 5.83. The quantitative estimate of drug-likeness (QED) is 0.401. The van der Waals surface area contributed by atoms with Crippen molar-refractivity contribution in [2.75, 3.05) is 7.11 Å². The predicted octanol–water partition coefficient (Wildman–Crippen LogP) is 1.68. The van der Waals surface area contributed by atoms with Crippen molar-refractivity contribution in [3.63, 3.8) is 0 Å². The van der Waals surface area contributed by atoms with E-state index in [1.54, 1.807) is 6.08 Å². The molecule has 1 saturated carbocycles. The van der Waals surface area contributed by atoms with Gasteiger partial charge in [0, 0.05) is 19.3 Å². The molecule has 0 aliphatic heterocycles. The van der Waals surface area contributed by atoms with Crippen molar-refractivity contribution in [2.45, 2.75) is 32.1 Å². The molecule has 0 heterocycles. The molecule has 1 rings (SSSR count). The molecule has 17 heavy (non-hydrogen) atoms. The summed E-state index contributed by atoms with van der Waals surface area (Å²) in [4.78, 5) is 34.8. The SMILES string of the molecule is C=CCCC(=O)C(C(=O)OC)[C@H]1CCC(=O)C1. The Morgan fingerprint density at radius 1 is 1.59 bits per heavy atom. The Morgan fingerprint density at radius 3 is 2.76 bits per heavy atom. The van der Waals surface area contributed by atoms with E-state index in [9.17, 15) is 14.4 Å². The number of carbonyl (C=O) groups excluding carboxylic acids is 3. The Morgan fingerprint density at radius 2 is 2.29 bits per heavy atom. The number of esters is 1. The summed E-state index contributed by atoms with van der Waals surface area (Å²) in [5, 5.41) is 0.